The minimum Gasteiger partial charge on any atom is -0.374 e. The van der Waals surface area contributed by atoms with Crippen LogP contribution in [0.5, 0.6) is 0 Å². The molecule has 0 spiro atoms. The van der Waals surface area contributed by atoms with Gasteiger partial charge in [0.05, 0.1) is 22.3 Å². The summed E-state index contributed by atoms with van der Waals surface area (Å²) in [6, 6.07) is 3.10. The van der Waals surface area contributed by atoms with E-state index in [-0.39, 0.29) is 64.8 Å². The maximum Gasteiger partial charge on any atom is 0.502 e. The summed E-state index contributed by atoms with van der Waals surface area (Å²) in [5.41, 5.74) is -9.82. The maximum absolute atomic E-state index is 15.3. The van der Waals surface area contributed by atoms with Crippen molar-refractivity contribution in [1.82, 2.24) is 9.80 Å². The van der Waals surface area contributed by atoms with E-state index in [1.807, 2.05) is 0 Å². The van der Waals surface area contributed by atoms with E-state index in [4.69, 9.17) is 26.6 Å². The van der Waals surface area contributed by atoms with Crippen molar-refractivity contribution in [2.24, 2.45) is 0 Å². The zero-order valence-corrected chi connectivity index (χ0v) is 33.3. The molecule has 304 valence electrons. The van der Waals surface area contributed by atoms with Gasteiger partial charge in [-0.3, -0.25) is 29.0 Å². The third-order valence-electron chi connectivity index (χ3n) is 9.13. The third kappa shape index (κ3) is 8.18. The lowest BCUT2D eigenvalue weighted by Crippen LogP contribution is -2.55. The molecule has 20 heteroatoms. The van der Waals surface area contributed by atoms with Crippen molar-refractivity contribution >= 4 is 41.2 Å². The molecule has 2 aliphatic rings. The minimum absolute atomic E-state index is 0.0825. The average molecular weight is 823 g/mol. The van der Waals surface area contributed by atoms with Crippen LogP contribution in [0.3, 0.4) is 0 Å². The first-order chi connectivity index (χ1) is 25.9. The molecule has 0 N–H and O–H groups in total. The highest BCUT2D eigenvalue weighted by Crippen LogP contribution is 2.57. The molecule has 2 aromatic rings. The fraction of sp³-hybridized carbons (Fsp3) is 0.543. The van der Waals surface area contributed by atoms with E-state index >= 15 is 26.3 Å². The largest absolute Gasteiger partial charge is 0.502 e. The zero-order chi connectivity index (χ0) is 41.0. The Hall–Kier alpha value is -3.51. The van der Waals surface area contributed by atoms with E-state index < -0.39 is 92.4 Å². The molecule has 0 radical (unpaired) electrons. The van der Waals surface area contributed by atoms with Crippen LogP contribution in [0.15, 0.2) is 36.4 Å². The molecule has 2 aliphatic heterocycles. The predicted octanol–water partition coefficient (Wildman–Crippen LogP) is 6.39. The van der Waals surface area contributed by atoms with Gasteiger partial charge in [-0.05, 0) is 76.9 Å². The van der Waals surface area contributed by atoms with Crippen LogP contribution in [-0.4, -0.2) is 116 Å². The Morgan fingerprint density at radius 1 is 0.473 bits per heavy atom. The number of rotatable bonds is 20. The van der Waals surface area contributed by atoms with Gasteiger partial charge in [0.1, 0.15) is 0 Å². The number of hydrogen-bond acceptors (Lipinski definition) is 10. The number of imide groups is 2. The summed E-state index contributed by atoms with van der Waals surface area (Å²) < 4.78 is 126. The van der Waals surface area contributed by atoms with Crippen LogP contribution >= 0.6 is 0 Å². The molecular formula is C35H44F6N2O10Si2. The van der Waals surface area contributed by atoms with Gasteiger partial charge in [-0.15, -0.1) is 0 Å². The third-order valence-corrected chi connectivity index (χ3v) is 15.2. The van der Waals surface area contributed by atoms with Gasteiger partial charge in [-0.1, -0.05) is 12.1 Å². The van der Waals surface area contributed by atoms with Crippen LogP contribution in [0.2, 0.25) is 12.1 Å². The smallest absolute Gasteiger partial charge is 0.374 e. The Labute approximate surface area is 316 Å². The maximum atomic E-state index is 15.3. The van der Waals surface area contributed by atoms with Gasteiger partial charge in [0.2, 0.25) is 5.41 Å². The van der Waals surface area contributed by atoms with E-state index in [0.717, 1.165) is 12.1 Å². The molecule has 0 atom stereocenters. The number of carbonyl (C=O) groups excluding carboxylic acids is 4. The topological polar surface area (TPSA) is 130 Å². The van der Waals surface area contributed by atoms with E-state index in [2.05, 4.69) is 0 Å². The molecule has 4 amide bonds. The summed E-state index contributed by atoms with van der Waals surface area (Å²) in [4.78, 5) is 55.2. The fourth-order valence-corrected chi connectivity index (χ4v) is 11.9. The molecule has 2 heterocycles. The van der Waals surface area contributed by atoms with Crippen molar-refractivity contribution in [3.63, 3.8) is 0 Å². The summed E-state index contributed by atoms with van der Waals surface area (Å²) in [5, 5.41) is 0. The average Bonchev–Trinajstić information content (AvgIpc) is 3.48. The van der Waals surface area contributed by atoms with Gasteiger partial charge in [-0.25, -0.2) is 0 Å². The van der Waals surface area contributed by atoms with Crippen molar-refractivity contribution in [2.45, 2.75) is 71.4 Å². The number of fused-ring (bicyclic) bond motifs is 2. The molecule has 0 saturated carbocycles. The molecule has 0 aliphatic carbocycles. The lowest BCUT2D eigenvalue weighted by molar-refractivity contribution is -0.288. The van der Waals surface area contributed by atoms with Crippen molar-refractivity contribution < 1.29 is 72.1 Å². The molecule has 0 aromatic heterocycles. The second-order valence-corrected chi connectivity index (χ2v) is 17.7. The Bertz CT molecular complexity index is 1600. The molecule has 0 unspecified atom stereocenters. The van der Waals surface area contributed by atoms with Crippen LogP contribution in [0.25, 0.3) is 0 Å². The SMILES string of the molecule is CCO[Si](CCN1C(=O)c2ccc(C(c3ccc4c(c3)C(=O)N(CC[Si](OCC)(OCC)OCC)C4=O)(C(F)(F)F)C(F)(F)F)cc2C1=O)(OCC)OCC. The number of halogens is 6. The molecule has 0 bridgehead atoms. The first-order valence-corrected chi connectivity index (χ1v) is 21.7. The summed E-state index contributed by atoms with van der Waals surface area (Å²) in [5.74, 6) is -4.11. The van der Waals surface area contributed by atoms with Gasteiger partial charge in [0.25, 0.3) is 23.6 Å². The van der Waals surface area contributed by atoms with Gasteiger partial charge in [0, 0.05) is 64.8 Å². The Morgan fingerprint density at radius 3 is 1.00 bits per heavy atom. The summed E-state index contributed by atoms with van der Waals surface area (Å²) >= 11 is 0. The van der Waals surface area contributed by atoms with Crippen molar-refractivity contribution in [2.75, 3.05) is 52.7 Å². The summed E-state index contributed by atoms with van der Waals surface area (Å²) in [6.07, 6.45) is -12.2. The summed E-state index contributed by atoms with van der Waals surface area (Å²) in [6.45, 7) is 10.4. The number of alkyl halides is 6. The fourth-order valence-electron chi connectivity index (χ4n) is 6.94. The minimum atomic E-state index is -6.11. The van der Waals surface area contributed by atoms with Crippen LogP contribution < -0.4 is 0 Å². The first-order valence-electron chi connectivity index (χ1n) is 17.9. The highest BCUT2D eigenvalue weighted by Gasteiger charge is 2.73. The van der Waals surface area contributed by atoms with Gasteiger partial charge in [-0.2, -0.15) is 26.3 Å². The molecule has 2 aromatic carbocycles. The van der Waals surface area contributed by atoms with Crippen molar-refractivity contribution in [1.29, 1.82) is 0 Å². The molecule has 55 heavy (non-hydrogen) atoms. The van der Waals surface area contributed by atoms with E-state index in [0.29, 0.717) is 34.1 Å². The molecule has 0 saturated heterocycles. The van der Waals surface area contributed by atoms with Crippen LogP contribution in [0.1, 0.15) is 94.1 Å². The van der Waals surface area contributed by atoms with Crippen molar-refractivity contribution in [3.05, 3.63) is 69.8 Å². The second-order valence-electron chi connectivity index (χ2n) is 12.3. The highest BCUT2D eigenvalue weighted by atomic mass is 28.4. The molecular weight excluding hydrogens is 779 g/mol. The van der Waals surface area contributed by atoms with E-state index in [1.165, 1.54) is 0 Å². The molecule has 0 fully saturated rings. The van der Waals surface area contributed by atoms with Gasteiger partial charge in [0.15, 0.2) is 0 Å². The van der Waals surface area contributed by atoms with Crippen LogP contribution in [0.4, 0.5) is 26.3 Å². The quantitative estimate of drug-likeness (QED) is 0.0843. The van der Waals surface area contributed by atoms with Crippen molar-refractivity contribution in [3.8, 4) is 0 Å². The lowest BCUT2D eigenvalue weighted by atomic mass is 9.71. The Balaban J connectivity index is 1.76. The second kappa shape index (κ2) is 17.3. The summed E-state index contributed by atoms with van der Waals surface area (Å²) in [7, 11) is -6.85. The Morgan fingerprint density at radius 2 is 0.745 bits per heavy atom. The lowest BCUT2D eigenvalue weighted by Gasteiger charge is -2.38. The van der Waals surface area contributed by atoms with E-state index in [1.54, 1.807) is 41.5 Å². The Kier molecular flexibility index (Phi) is 13.9. The monoisotopic (exact) mass is 822 g/mol. The van der Waals surface area contributed by atoms with E-state index in [9.17, 15) is 19.2 Å². The number of carbonyl (C=O) groups is 4. The number of nitrogens with zero attached hydrogens (tertiary/aromatic N) is 2. The number of hydrogen-bond donors (Lipinski definition) is 0. The standard InChI is InChI=1S/C35H44F6N2O10Si2/c1-7-48-54(49-8-2,50-9-3)19-17-42-29(44)25-15-13-23(21-27(25)31(42)46)33(34(36,37)38,35(39,40)41)24-14-16-26-28(22-24)32(47)43(30(26)45)18-20-55(51-10-4,52-11-5)53-12-6/h13-16,21-22H,7-12,17-20H2,1-6H3. The molecule has 12 nitrogen and oxygen atoms in total. The van der Waals surface area contributed by atoms with Crippen LogP contribution in [0, 0.1) is 0 Å². The zero-order valence-electron chi connectivity index (χ0n) is 31.3. The number of benzene rings is 2. The molecule has 4 rings (SSSR count). The highest BCUT2D eigenvalue weighted by molar-refractivity contribution is 6.61. The van der Waals surface area contributed by atoms with Gasteiger partial charge < -0.3 is 26.6 Å². The van der Waals surface area contributed by atoms with Gasteiger partial charge >= 0.3 is 30.0 Å². The predicted molar refractivity (Wildman–Crippen MR) is 187 cm³/mol. The number of amides is 4. The van der Waals surface area contributed by atoms with Crippen LogP contribution in [-0.2, 0) is 32.0 Å². The first kappa shape index (κ1) is 44.2. The normalized spacial score (nSPS) is 15.4.